The summed E-state index contributed by atoms with van der Waals surface area (Å²) in [6, 6.07) is 4.40. The third-order valence-electron chi connectivity index (χ3n) is 5.51. The second-order valence-corrected chi connectivity index (χ2v) is 9.23. The lowest BCUT2D eigenvalue weighted by Crippen LogP contribution is -2.40. The second kappa shape index (κ2) is 9.13. The first-order chi connectivity index (χ1) is 13.9. The lowest BCUT2D eigenvalue weighted by atomic mass is 9.98. The van der Waals surface area contributed by atoms with E-state index in [1.807, 2.05) is 0 Å². The molecule has 0 bridgehead atoms. The molecule has 1 aromatic carbocycles. The van der Waals surface area contributed by atoms with Gasteiger partial charge in [0.1, 0.15) is 5.75 Å². The van der Waals surface area contributed by atoms with Crippen LogP contribution in [-0.4, -0.2) is 69.4 Å². The predicted octanol–water partition coefficient (Wildman–Crippen LogP) is 1.90. The van der Waals surface area contributed by atoms with E-state index in [0.29, 0.717) is 38.3 Å². The van der Waals surface area contributed by atoms with Gasteiger partial charge in [-0.25, -0.2) is 8.42 Å². The number of amides is 1. The maximum atomic E-state index is 13.1. The summed E-state index contributed by atoms with van der Waals surface area (Å²) in [6.45, 7) is 3.89. The molecule has 160 valence electrons. The normalized spacial score (nSPS) is 18.6. The van der Waals surface area contributed by atoms with Gasteiger partial charge >= 0.3 is 5.97 Å². The molecule has 0 aromatic heterocycles. The van der Waals surface area contributed by atoms with E-state index in [0.717, 1.165) is 12.8 Å². The number of nitrogens with zero attached hydrogens (tertiary/aromatic N) is 2. The Kier molecular flexibility index (Phi) is 6.79. The van der Waals surface area contributed by atoms with Crippen LogP contribution in [0.5, 0.6) is 5.75 Å². The van der Waals surface area contributed by atoms with Crippen LogP contribution in [0, 0.1) is 5.92 Å². The predicted molar refractivity (Wildman–Crippen MR) is 106 cm³/mol. The fourth-order valence-electron chi connectivity index (χ4n) is 3.85. The smallest absolute Gasteiger partial charge is 0.309 e. The number of sulfonamides is 1. The molecule has 0 N–H and O–H groups in total. The highest BCUT2D eigenvalue weighted by Crippen LogP contribution is 2.29. The van der Waals surface area contributed by atoms with Crippen molar-refractivity contribution in [1.82, 2.24) is 9.21 Å². The average Bonchev–Trinajstić information content (AvgIpc) is 3.28. The Bertz CT molecular complexity index is 856. The van der Waals surface area contributed by atoms with Crippen molar-refractivity contribution < 1.29 is 27.5 Å². The van der Waals surface area contributed by atoms with Gasteiger partial charge in [-0.15, -0.1) is 0 Å². The first-order valence-corrected chi connectivity index (χ1v) is 11.5. The molecule has 29 heavy (non-hydrogen) atoms. The molecule has 9 heteroatoms. The summed E-state index contributed by atoms with van der Waals surface area (Å²) < 4.78 is 38.0. The van der Waals surface area contributed by atoms with E-state index in [2.05, 4.69) is 0 Å². The van der Waals surface area contributed by atoms with E-state index in [1.165, 1.54) is 29.6 Å². The number of likely N-dealkylation sites (tertiary alicyclic amines) is 1. The maximum Gasteiger partial charge on any atom is 0.309 e. The van der Waals surface area contributed by atoms with Crippen LogP contribution in [0.15, 0.2) is 23.1 Å². The van der Waals surface area contributed by atoms with E-state index in [9.17, 15) is 18.0 Å². The highest BCUT2D eigenvalue weighted by Gasteiger charge is 2.34. The Balaban J connectivity index is 1.79. The number of esters is 1. The van der Waals surface area contributed by atoms with Gasteiger partial charge in [0, 0.05) is 26.2 Å². The molecule has 0 unspecified atom stereocenters. The van der Waals surface area contributed by atoms with Crippen LogP contribution in [0.2, 0.25) is 0 Å². The van der Waals surface area contributed by atoms with Gasteiger partial charge in [0.05, 0.1) is 30.1 Å². The van der Waals surface area contributed by atoms with Crippen LogP contribution in [0.3, 0.4) is 0 Å². The number of carbonyl (C=O) groups is 2. The molecule has 2 fully saturated rings. The van der Waals surface area contributed by atoms with Crippen LogP contribution < -0.4 is 4.74 Å². The lowest BCUT2D eigenvalue weighted by molar-refractivity contribution is -0.149. The number of piperidine rings is 1. The van der Waals surface area contributed by atoms with E-state index in [-0.39, 0.29) is 41.3 Å². The molecule has 1 aromatic rings. The Labute approximate surface area is 171 Å². The summed E-state index contributed by atoms with van der Waals surface area (Å²) in [5.41, 5.74) is 0.261. The molecule has 0 saturated carbocycles. The van der Waals surface area contributed by atoms with Gasteiger partial charge < -0.3 is 14.4 Å². The van der Waals surface area contributed by atoms with Gasteiger partial charge in [-0.2, -0.15) is 4.31 Å². The summed E-state index contributed by atoms with van der Waals surface area (Å²) in [5, 5.41) is 0. The highest BCUT2D eigenvalue weighted by atomic mass is 32.2. The minimum atomic E-state index is -3.77. The molecule has 8 nitrogen and oxygen atoms in total. The number of methoxy groups -OCH3 is 1. The van der Waals surface area contributed by atoms with Crippen molar-refractivity contribution in [3.05, 3.63) is 23.8 Å². The zero-order valence-electron chi connectivity index (χ0n) is 16.9. The first-order valence-electron chi connectivity index (χ1n) is 10.0. The van der Waals surface area contributed by atoms with E-state index < -0.39 is 10.0 Å². The van der Waals surface area contributed by atoms with Crippen LogP contribution in [-0.2, 0) is 19.6 Å². The molecule has 2 aliphatic rings. The minimum absolute atomic E-state index is 0.0652. The molecule has 0 aliphatic carbocycles. The van der Waals surface area contributed by atoms with Crippen LogP contribution in [0.4, 0.5) is 0 Å². The van der Waals surface area contributed by atoms with Crippen LogP contribution in [0.25, 0.3) is 0 Å². The summed E-state index contributed by atoms with van der Waals surface area (Å²) in [4.78, 5) is 26.5. The van der Waals surface area contributed by atoms with Gasteiger partial charge in [0.15, 0.2) is 0 Å². The number of benzene rings is 1. The molecular formula is C20H28N2O6S. The van der Waals surface area contributed by atoms with Crippen LogP contribution >= 0.6 is 0 Å². The second-order valence-electron chi connectivity index (χ2n) is 7.29. The quantitative estimate of drug-likeness (QED) is 0.648. The van der Waals surface area contributed by atoms with E-state index in [1.54, 1.807) is 11.8 Å². The fourth-order valence-corrected chi connectivity index (χ4v) is 5.34. The van der Waals surface area contributed by atoms with Crippen molar-refractivity contribution in [2.24, 2.45) is 5.92 Å². The zero-order chi connectivity index (χ0) is 21.0. The largest absolute Gasteiger partial charge is 0.496 e. The third-order valence-corrected chi connectivity index (χ3v) is 7.40. The molecular weight excluding hydrogens is 396 g/mol. The van der Waals surface area contributed by atoms with Crippen molar-refractivity contribution in [2.75, 3.05) is 39.9 Å². The highest BCUT2D eigenvalue weighted by molar-refractivity contribution is 7.89. The molecule has 1 amide bonds. The van der Waals surface area contributed by atoms with Crippen molar-refractivity contribution in [1.29, 1.82) is 0 Å². The zero-order valence-corrected chi connectivity index (χ0v) is 17.7. The molecule has 0 spiro atoms. The Morgan fingerprint density at radius 2 is 1.76 bits per heavy atom. The maximum absolute atomic E-state index is 13.1. The fraction of sp³-hybridized carbons (Fsp3) is 0.600. The van der Waals surface area contributed by atoms with Crippen molar-refractivity contribution in [3.8, 4) is 5.75 Å². The molecule has 2 heterocycles. The van der Waals surface area contributed by atoms with Crippen molar-refractivity contribution in [2.45, 2.75) is 37.5 Å². The molecule has 2 saturated heterocycles. The number of rotatable bonds is 6. The van der Waals surface area contributed by atoms with Crippen molar-refractivity contribution in [3.63, 3.8) is 0 Å². The topological polar surface area (TPSA) is 93.2 Å². The Morgan fingerprint density at radius 1 is 1.10 bits per heavy atom. The molecule has 3 rings (SSSR count). The van der Waals surface area contributed by atoms with E-state index in [4.69, 9.17) is 9.47 Å². The van der Waals surface area contributed by atoms with Crippen LogP contribution in [0.1, 0.15) is 43.0 Å². The lowest BCUT2D eigenvalue weighted by Gasteiger charge is -2.30. The Hall–Kier alpha value is -2.13. The van der Waals surface area contributed by atoms with Gasteiger partial charge in [-0.3, -0.25) is 9.59 Å². The number of hydrogen-bond donors (Lipinski definition) is 0. The summed E-state index contributed by atoms with van der Waals surface area (Å²) in [7, 11) is -2.31. The van der Waals surface area contributed by atoms with Gasteiger partial charge in [-0.1, -0.05) is 0 Å². The third kappa shape index (κ3) is 4.56. The monoisotopic (exact) mass is 424 g/mol. The van der Waals surface area contributed by atoms with Gasteiger partial charge in [0.2, 0.25) is 10.0 Å². The van der Waals surface area contributed by atoms with Gasteiger partial charge in [-0.05, 0) is 50.8 Å². The molecule has 0 atom stereocenters. The molecule has 0 radical (unpaired) electrons. The number of hydrogen-bond acceptors (Lipinski definition) is 6. The summed E-state index contributed by atoms with van der Waals surface area (Å²) in [5.74, 6) is -0.392. The van der Waals surface area contributed by atoms with Gasteiger partial charge in [0.25, 0.3) is 5.91 Å². The summed E-state index contributed by atoms with van der Waals surface area (Å²) in [6.07, 6.45) is 2.74. The molecule has 2 aliphatic heterocycles. The summed E-state index contributed by atoms with van der Waals surface area (Å²) >= 11 is 0. The first kappa shape index (κ1) is 21.6. The Morgan fingerprint density at radius 3 is 2.34 bits per heavy atom. The van der Waals surface area contributed by atoms with Crippen molar-refractivity contribution >= 4 is 21.9 Å². The minimum Gasteiger partial charge on any atom is -0.496 e. The average molecular weight is 425 g/mol. The number of carbonyl (C=O) groups excluding carboxylic acids is 2. The number of ether oxygens (including phenoxy) is 2. The standard InChI is InChI=1S/C20H28N2O6S/c1-3-28-20(24)15-8-12-22(13-9-15)29(25,26)16-6-7-18(27-2)17(14-16)19(23)21-10-4-5-11-21/h6-7,14-15H,3-5,8-13H2,1-2H3. The SMILES string of the molecule is CCOC(=O)C1CCN(S(=O)(=O)c2ccc(OC)c(C(=O)N3CCCC3)c2)CC1. The van der Waals surface area contributed by atoms with E-state index >= 15 is 0 Å².